The van der Waals surface area contributed by atoms with Gasteiger partial charge in [-0.1, -0.05) is 23.7 Å². The van der Waals surface area contributed by atoms with Gasteiger partial charge in [-0.25, -0.2) is 0 Å². The lowest BCUT2D eigenvalue weighted by molar-refractivity contribution is 0.140. The molecule has 2 N–H and O–H groups in total. The highest BCUT2D eigenvalue weighted by molar-refractivity contribution is 6.30. The van der Waals surface area contributed by atoms with Crippen molar-refractivity contribution in [1.29, 1.82) is 0 Å². The second kappa shape index (κ2) is 6.25. The maximum atomic E-state index is 9.79. The monoisotopic (exact) mass is 235 g/mol. The van der Waals surface area contributed by atoms with Crippen molar-refractivity contribution in [3.63, 3.8) is 0 Å². The minimum Gasteiger partial charge on any atom is -0.387 e. The van der Waals surface area contributed by atoms with E-state index in [1.165, 1.54) is 0 Å². The maximum Gasteiger partial charge on any atom is 0.0940 e. The Labute approximate surface area is 95.7 Å². The topological polar surface area (TPSA) is 32.3 Å². The fourth-order valence-corrected chi connectivity index (χ4v) is 1.34. The summed E-state index contributed by atoms with van der Waals surface area (Å²) in [7, 11) is 1.82. The van der Waals surface area contributed by atoms with Gasteiger partial charge in [0, 0.05) is 11.1 Å². The van der Waals surface area contributed by atoms with Crippen molar-refractivity contribution in [2.24, 2.45) is 0 Å². The highest BCUT2D eigenvalue weighted by atomic mass is 35.5. The van der Waals surface area contributed by atoms with Crippen molar-refractivity contribution in [3.05, 3.63) is 34.9 Å². The molecule has 0 heterocycles. The van der Waals surface area contributed by atoms with Crippen LogP contribution in [0.1, 0.15) is 18.6 Å². The number of halogens is 2. The summed E-state index contributed by atoms with van der Waals surface area (Å²) >= 11 is 5.81. The molecule has 14 heavy (non-hydrogen) atoms. The summed E-state index contributed by atoms with van der Waals surface area (Å²) in [6.45, 7) is 1.92. The van der Waals surface area contributed by atoms with Crippen molar-refractivity contribution in [1.82, 2.24) is 5.32 Å². The zero-order valence-corrected chi connectivity index (χ0v) is 9.77. The van der Waals surface area contributed by atoms with Crippen molar-refractivity contribution in [2.75, 3.05) is 7.05 Å². The lowest BCUT2D eigenvalue weighted by atomic mass is 10.0. The normalized spacial score (nSPS) is 14.3. The van der Waals surface area contributed by atoms with Crippen LogP contribution in [0.2, 0.25) is 5.02 Å². The predicted octanol–water partition coefficient (Wildman–Crippen LogP) is 2.40. The van der Waals surface area contributed by atoms with Gasteiger partial charge >= 0.3 is 0 Å². The first kappa shape index (κ1) is 13.7. The average molecular weight is 236 g/mol. The molecule has 0 bridgehead atoms. The quantitative estimate of drug-likeness (QED) is 0.844. The Kier molecular flexibility index (Phi) is 6.12. The molecule has 1 rings (SSSR count). The molecule has 0 amide bonds. The van der Waals surface area contributed by atoms with Gasteiger partial charge in [0.25, 0.3) is 0 Å². The van der Waals surface area contributed by atoms with Gasteiger partial charge in [0.2, 0.25) is 0 Å². The fraction of sp³-hybridized carbons (Fsp3) is 0.400. The first-order valence-electron chi connectivity index (χ1n) is 4.26. The molecule has 2 atom stereocenters. The van der Waals surface area contributed by atoms with Gasteiger partial charge in [-0.3, -0.25) is 0 Å². The number of aliphatic hydroxyl groups excluding tert-OH is 1. The molecule has 0 aliphatic rings. The van der Waals surface area contributed by atoms with E-state index in [1.54, 1.807) is 12.1 Å². The first-order chi connectivity index (χ1) is 6.15. The van der Waals surface area contributed by atoms with Gasteiger partial charge in [-0.15, -0.1) is 12.4 Å². The summed E-state index contributed by atoms with van der Waals surface area (Å²) in [5.41, 5.74) is 0.842. The second-order valence-electron chi connectivity index (χ2n) is 3.08. The van der Waals surface area contributed by atoms with Crippen molar-refractivity contribution in [3.8, 4) is 0 Å². The molecular weight excluding hydrogens is 221 g/mol. The summed E-state index contributed by atoms with van der Waals surface area (Å²) in [6, 6.07) is 7.30. The van der Waals surface area contributed by atoms with Gasteiger partial charge in [0.05, 0.1) is 6.10 Å². The molecule has 1 aromatic rings. The Balaban J connectivity index is 0.00000169. The molecule has 2 nitrogen and oxygen atoms in total. The Morgan fingerprint density at radius 3 is 2.57 bits per heavy atom. The largest absolute Gasteiger partial charge is 0.387 e. The van der Waals surface area contributed by atoms with E-state index in [-0.39, 0.29) is 18.4 Å². The Bertz CT molecular complexity index is 281. The fourth-order valence-electron chi connectivity index (χ4n) is 1.14. The molecular formula is C10H15Cl2NO. The summed E-state index contributed by atoms with van der Waals surface area (Å²) < 4.78 is 0. The van der Waals surface area contributed by atoms with Crippen LogP contribution >= 0.6 is 24.0 Å². The molecule has 0 saturated heterocycles. The molecule has 1 aromatic carbocycles. The molecule has 0 aliphatic carbocycles. The molecule has 0 unspecified atom stereocenters. The number of rotatable bonds is 3. The number of nitrogens with one attached hydrogen (secondary N) is 1. The summed E-state index contributed by atoms with van der Waals surface area (Å²) in [6.07, 6.45) is -0.510. The third-order valence-corrected chi connectivity index (χ3v) is 2.35. The number of hydrogen-bond donors (Lipinski definition) is 2. The number of likely N-dealkylation sites (N-methyl/N-ethyl adjacent to an activating group) is 1. The first-order valence-corrected chi connectivity index (χ1v) is 4.63. The van der Waals surface area contributed by atoms with E-state index in [0.717, 1.165) is 5.56 Å². The third kappa shape index (κ3) is 3.46. The van der Waals surface area contributed by atoms with Gasteiger partial charge in [0.1, 0.15) is 0 Å². The predicted molar refractivity (Wildman–Crippen MR) is 62.2 cm³/mol. The standard InChI is InChI=1S/C10H14ClNO.ClH/c1-7(12-2)10(13)8-4-3-5-9(11)6-8;/h3-7,10,12-13H,1-2H3;1H/t7-,10-;/m0./s1. The molecule has 0 spiro atoms. The Hall–Kier alpha value is -0.280. The smallest absolute Gasteiger partial charge is 0.0940 e. The van der Waals surface area contributed by atoms with Crippen molar-refractivity contribution >= 4 is 24.0 Å². The molecule has 0 aliphatic heterocycles. The van der Waals surface area contributed by atoms with Crippen LogP contribution in [0.3, 0.4) is 0 Å². The third-order valence-electron chi connectivity index (χ3n) is 2.12. The maximum absolute atomic E-state index is 9.79. The van der Waals surface area contributed by atoms with Crippen LogP contribution in [0.25, 0.3) is 0 Å². The van der Waals surface area contributed by atoms with Crippen LogP contribution in [0, 0.1) is 0 Å². The lowest BCUT2D eigenvalue weighted by Crippen LogP contribution is -2.28. The van der Waals surface area contributed by atoms with Crippen LogP contribution in [-0.4, -0.2) is 18.2 Å². The van der Waals surface area contributed by atoms with Crippen LogP contribution in [0.5, 0.6) is 0 Å². The Morgan fingerprint density at radius 2 is 2.07 bits per heavy atom. The summed E-state index contributed by atoms with van der Waals surface area (Å²) in [5, 5.41) is 13.4. The molecule has 0 radical (unpaired) electrons. The van der Waals surface area contributed by atoms with Gasteiger partial charge < -0.3 is 10.4 Å². The van der Waals surface area contributed by atoms with Crippen LogP contribution in [0.4, 0.5) is 0 Å². The molecule has 0 saturated carbocycles. The number of benzene rings is 1. The average Bonchev–Trinajstić information content (AvgIpc) is 2.15. The van der Waals surface area contributed by atoms with Crippen LogP contribution in [0.15, 0.2) is 24.3 Å². The summed E-state index contributed by atoms with van der Waals surface area (Å²) in [5.74, 6) is 0. The van der Waals surface area contributed by atoms with Crippen molar-refractivity contribution in [2.45, 2.75) is 19.1 Å². The van der Waals surface area contributed by atoms with Crippen LogP contribution < -0.4 is 5.32 Å². The van der Waals surface area contributed by atoms with Gasteiger partial charge in [-0.2, -0.15) is 0 Å². The minimum absolute atomic E-state index is 0. The minimum atomic E-state index is -0.510. The zero-order valence-electron chi connectivity index (χ0n) is 8.20. The SMILES string of the molecule is CN[C@@H](C)[C@H](O)c1cccc(Cl)c1.Cl. The molecule has 4 heteroatoms. The van der Waals surface area contributed by atoms with Gasteiger partial charge in [-0.05, 0) is 31.7 Å². The van der Waals surface area contributed by atoms with E-state index in [0.29, 0.717) is 5.02 Å². The molecule has 0 fully saturated rings. The Morgan fingerprint density at radius 1 is 1.43 bits per heavy atom. The zero-order chi connectivity index (χ0) is 9.84. The van der Waals surface area contributed by atoms with Gasteiger partial charge in [0.15, 0.2) is 0 Å². The number of aliphatic hydroxyl groups is 1. The molecule has 0 aromatic heterocycles. The van der Waals surface area contributed by atoms with E-state index in [1.807, 2.05) is 26.1 Å². The summed E-state index contributed by atoms with van der Waals surface area (Å²) in [4.78, 5) is 0. The van der Waals surface area contributed by atoms with Crippen molar-refractivity contribution < 1.29 is 5.11 Å². The lowest BCUT2D eigenvalue weighted by Gasteiger charge is -2.18. The van der Waals surface area contributed by atoms with E-state index in [2.05, 4.69) is 5.32 Å². The van der Waals surface area contributed by atoms with Crippen LogP contribution in [-0.2, 0) is 0 Å². The highest BCUT2D eigenvalue weighted by Crippen LogP contribution is 2.19. The van der Waals surface area contributed by atoms with E-state index in [4.69, 9.17) is 11.6 Å². The van der Waals surface area contributed by atoms with E-state index >= 15 is 0 Å². The van der Waals surface area contributed by atoms with E-state index in [9.17, 15) is 5.11 Å². The molecule has 80 valence electrons. The second-order valence-corrected chi connectivity index (χ2v) is 3.51. The van der Waals surface area contributed by atoms with E-state index < -0.39 is 6.10 Å². The number of hydrogen-bond acceptors (Lipinski definition) is 2. The highest BCUT2D eigenvalue weighted by Gasteiger charge is 2.13.